The van der Waals surface area contributed by atoms with Crippen LogP contribution in [-0.2, 0) is 31.1 Å². The molecule has 1 aromatic carbocycles. The van der Waals surface area contributed by atoms with Crippen LogP contribution in [0.4, 0.5) is 13.2 Å². The molecule has 0 aliphatic heterocycles. The second-order valence-electron chi connectivity index (χ2n) is 10.7. The van der Waals surface area contributed by atoms with Crippen molar-refractivity contribution in [2.75, 3.05) is 0 Å². The Balaban J connectivity index is 0.000000347. The van der Waals surface area contributed by atoms with Gasteiger partial charge in [0.15, 0.2) is 11.6 Å². The number of pyridine rings is 2. The number of nitriles is 1. The van der Waals surface area contributed by atoms with Crippen molar-refractivity contribution in [1.82, 2.24) is 24.7 Å². The molecule has 4 heterocycles. The summed E-state index contributed by atoms with van der Waals surface area (Å²) in [5.41, 5.74) is -0.171. The van der Waals surface area contributed by atoms with Gasteiger partial charge in [0.1, 0.15) is 27.0 Å². The number of nitrogens with zero attached hydrogens (tertiary/aromatic N) is 6. The Morgan fingerprint density at radius 3 is 2.32 bits per heavy atom. The fourth-order valence-electron chi connectivity index (χ4n) is 5.04. The zero-order valence-corrected chi connectivity index (χ0v) is 28.8. The summed E-state index contributed by atoms with van der Waals surface area (Å²) >= 11 is 0. The molecule has 0 unspecified atom stereocenters. The van der Waals surface area contributed by atoms with Gasteiger partial charge in [-0.3, -0.25) is 9.36 Å². The maximum Gasteiger partial charge on any atom is 0.418 e. The third-order valence-corrected chi connectivity index (χ3v) is 7.75. The van der Waals surface area contributed by atoms with Crippen LogP contribution in [0.25, 0.3) is 39.1 Å². The van der Waals surface area contributed by atoms with Gasteiger partial charge in [-0.15, -0.1) is 45.6 Å². The van der Waals surface area contributed by atoms with Gasteiger partial charge < -0.3 is 14.5 Å². The Hall–Kier alpha value is -4.40. The van der Waals surface area contributed by atoms with Gasteiger partial charge in [-0.1, -0.05) is 34.6 Å². The second kappa shape index (κ2) is 15.9. The number of hydrogen-bond acceptors (Lipinski definition) is 8. The SMILES string of the molecule is CCC(CC)C(=O)/C=C(\O)C(CC)CC.[2H]c1nnc([2H])n1-c1nc2oc3c(-c4[c-]cc(C)cc4)ncc(C(F)(F)F)c3c2cc1C#N.[Ir]. The molecule has 0 bridgehead atoms. The number of aliphatic hydroxyl groups is 1. The molecule has 1 N–H and O–H groups in total. The molecule has 9 nitrogen and oxygen atoms in total. The summed E-state index contributed by atoms with van der Waals surface area (Å²) < 4.78 is 63.8. The summed E-state index contributed by atoms with van der Waals surface area (Å²) in [4.78, 5) is 19.9. The van der Waals surface area contributed by atoms with E-state index < -0.39 is 24.3 Å². The van der Waals surface area contributed by atoms with E-state index in [0.717, 1.165) is 35.8 Å². The molecule has 0 amide bonds. The Kier molecular flexibility index (Phi) is 11.5. The Morgan fingerprint density at radius 1 is 1.15 bits per heavy atom. The number of aryl methyl sites for hydroxylation is 1. The van der Waals surface area contributed by atoms with Gasteiger partial charge in [0.2, 0.25) is 5.71 Å². The van der Waals surface area contributed by atoms with Crippen LogP contribution in [0.5, 0.6) is 0 Å². The molecule has 0 fully saturated rings. The van der Waals surface area contributed by atoms with Gasteiger partial charge in [-0.2, -0.15) is 23.4 Å². The fraction of sp³-hybridized carbons (Fsp3) is 0.353. The van der Waals surface area contributed by atoms with E-state index in [1.165, 1.54) is 12.1 Å². The first-order valence-electron chi connectivity index (χ1n) is 15.8. The topological polar surface area (TPSA) is 131 Å². The van der Waals surface area contributed by atoms with E-state index in [2.05, 4.69) is 26.2 Å². The Bertz CT molecular complexity index is 1990. The number of aliphatic hydroxyl groups excluding tert-OH is 1. The van der Waals surface area contributed by atoms with Crippen LogP contribution in [0.3, 0.4) is 0 Å². The second-order valence-corrected chi connectivity index (χ2v) is 10.7. The van der Waals surface area contributed by atoms with Crippen molar-refractivity contribution in [2.24, 2.45) is 11.8 Å². The van der Waals surface area contributed by atoms with Crippen molar-refractivity contribution in [3.05, 3.63) is 77.7 Å². The van der Waals surface area contributed by atoms with Crippen molar-refractivity contribution in [2.45, 2.75) is 66.5 Å². The van der Waals surface area contributed by atoms with Gasteiger partial charge in [-0.05, 0) is 31.7 Å². The number of furan rings is 1. The van der Waals surface area contributed by atoms with E-state index in [-0.39, 0.29) is 82.6 Å². The summed E-state index contributed by atoms with van der Waals surface area (Å²) in [5, 5.41) is 25.9. The molecule has 5 aromatic rings. The Morgan fingerprint density at radius 2 is 1.79 bits per heavy atom. The van der Waals surface area contributed by atoms with Crippen LogP contribution in [0.15, 0.2) is 59.3 Å². The van der Waals surface area contributed by atoms with Crippen LogP contribution in [0.1, 0.15) is 72.8 Å². The summed E-state index contributed by atoms with van der Waals surface area (Å²) in [6.45, 7) is 9.92. The van der Waals surface area contributed by atoms with Crippen molar-refractivity contribution >= 4 is 27.9 Å². The van der Waals surface area contributed by atoms with Crippen molar-refractivity contribution in [3.63, 3.8) is 0 Å². The summed E-state index contributed by atoms with van der Waals surface area (Å²) in [7, 11) is 0. The maximum atomic E-state index is 13.9. The maximum absolute atomic E-state index is 13.9. The number of fused-ring (bicyclic) bond motifs is 3. The number of carbonyl (C=O) groups excluding carboxylic acids is 1. The van der Waals surface area contributed by atoms with Crippen LogP contribution >= 0.6 is 0 Å². The summed E-state index contributed by atoms with van der Waals surface area (Å²) in [6.07, 6.45) is -0.0630. The van der Waals surface area contributed by atoms with E-state index in [1.807, 2.05) is 40.7 Å². The number of halogens is 3. The van der Waals surface area contributed by atoms with E-state index in [0.29, 0.717) is 11.8 Å². The van der Waals surface area contributed by atoms with Crippen LogP contribution < -0.4 is 0 Å². The molecule has 0 aliphatic rings. The minimum atomic E-state index is -4.75. The first-order valence-corrected chi connectivity index (χ1v) is 14.8. The van der Waals surface area contributed by atoms with Gasteiger partial charge in [0.25, 0.3) is 0 Å². The van der Waals surface area contributed by atoms with Gasteiger partial charge >= 0.3 is 6.18 Å². The van der Waals surface area contributed by atoms with Crippen molar-refractivity contribution in [3.8, 4) is 23.1 Å². The molecule has 47 heavy (non-hydrogen) atoms. The minimum absolute atomic E-state index is 0. The molecule has 0 saturated heterocycles. The molecule has 0 atom stereocenters. The van der Waals surface area contributed by atoms with Gasteiger partial charge in [-0.25, -0.2) is 0 Å². The van der Waals surface area contributed by atoms with Crippen LogP contribution in [-0.4, -0.2) is 35.6 Å². The zero-order chi connectivity index (χ0) is 35.3. The standard InChI is InChI=1S/C21H10F3N6O.C13H24O2.Ir/c1-11-2-4-12(5-3-11)17-18-16(15(8-26-17)21(22,23)24)14-6-13(7-25)19(29-20(14)31-18)30-9-27-28-10-30;1-5-10(6-2)12(14)9-13(15)11(7-3)8-4;/h2-4,6,8-10H,1H3;9-11,14H,5-8H2,1-4H3;/q-1;;/b;12-9-;/i9D,10D;;. The molecule has 0 aliphatic carbocycles. The smallest absolute Gasteiger partial charge is 0.418 e. The molecule has 0 spiro atoms. The number of carbonyl (C=O) groups is 1. The van der Waals surface area contributed by atoms with Crippen LogP contribution in [0, 0.1) is 36.2 Å². The number of allylic oxidation sites excluding steroid dienone is 2. The summed E-state index contributed by atoms with van der Waals surface area (Å²) in [5.74, 6) is 0.347. The number of rotatable bonds is 9. The minimum Gasteiger partial charge on any atom is -0.512 e. The van der Waals surface area contributed by atoms with E-state index >= 15 is 0 Å². The molecular weight excluding hydrogens is 790 g/mol. The van der Waals surface area contributed by atoms with Crippen LogP contribution in [0.2, 0.25) is 0 Å². The first kappa shape index (κ1) is 33.9. The third kappa shape index (κ3) is 8.13. The third-order valence-electron chi connectivity index (χ3n) is 7.75. The number of aromatic nitrogens is 5. The molecule has 1 radical (unpaired) electrons. The Labute approximate surface area is 286 Å². The van der Waals surface area contributed by atoms with Gasteiger partial charge in [0.05, 0.1) is 16.9 Å². The van der Waals surface area contributed by atoms with Crippen molar-refractivity contribution < 1.29 is 50.3 Å². The first-order chi connectivity index (χ1) is 22.8. The molecule has 0 saturated carbocycles. The summed E-state index contributed by atoms with van der Waals surface area (Å²) in [6, 6.07) is 11.1. The number of ketones is 1. The van der Waals surface area contributed by atoms with Gasteiger partial charge in [0, 0.05) is 60.7 Å². The molecule has 5 rings (SSSR count). The number of benzene rings is 1. The molecular formula is C34H34F3IrN6O3-. The molecule has 249 valence electrons. The van der Waals surface area contributed by atoms with E-state index in [4.69, 9.17) is 7.16 Å². The van der Waals surface area contributed by atoms with E-state index in [1.54, 1.807) is 18.2 Å². The predicted octanol–water partition coefficient (Wildman–Crippen LogP) is 8.49. The van der Waals surface area contributed by atoms with E-state index in [9.17, 15) is 28.3 Å². The van der Waals surface area contributed by atoms with Crippen molar-refractivity contribution in [1.29, 1.82) is 5.26 Å². The monoisotopic (exact) mass is 826 g/mol. The predicted molar refractivity (Wildman–Crippen MR) is 167 cm³/mol. The molecule has 13 heteroatoms. The quantitative estimate of drug-likeness (QED) is 0.0890. The molecule has 4 aromatic heterocycles. The normalized spacial score (nSPS) is 12.4. The zero-order valence-electron chi connectivity index (χ0n) is 28.4. The number of alkyl halides is 3. The average molecular weight is 826 g/mol. The average Bonchev–Trinajstić information content (AvgIpc) is 3.59. The number of hydrogen-bond donors (Lipinski definition) is 1. The fourth-order valence-corrected chi connectivity index (χ4v) is 5.04. The largest absolute Gasteiger partial charge is 0.512 e.